The van der Waals surface area contributed by atoms with Crippen LogP contribution in [0, 0.1) is 11.3 Å². The summed E-state index contributed by atoms with van der Waals surface area (Å²) >= 11 is 0. The first-order chi connectivity index (χ1) is 15.1. The van der Waals surface area contributed by atoms with Crippen LogP contribution in [0.3, 0.4) is 0 Å². The van der Waals surface area contributed by atoms with Gasteiger partial charge in [0.25, 0.3) is 0 Å². The van der Waals surface area contributed by atoms with E-state index in [1.54, 1.807) is 0 Å². The van der Waals surface area contributed by atoms with Gasteiger partial charge in [-0.1, -0.05) is 32.9 Å². The molecule has 1 aromatic rings. The first-order valence-electron chi connectivity index (χ1n) is 11.8. The molecule has 0 unspecified atom stereocenters. The number of aliphatic hydroxyl groups excluding tert-OH is 1. The predicted octanol–water partition coefficient (Wildman–Crippen LogP) is 3.07. The van der Waals surface area contributed by atoms with Gasteiger partial charge in [-0.05, 0) is 55.2 Å². The number of morpholine rings is 1. The third-order valence-electron chi connectivity index (χ3n) is 5.76. The molecule has 2 fully saturated rings. The van der Waals surface area contributed by atoms with E-state index in [0.29, 0.717) is 25.6 Å². The monoisotopic (exact) mass is 484 g/mol. The van der Waals surface area contributed by atoms with Crippen molar-refractivity contribution in [3.05, 3.63) is 29.8 Å². The highest BCUT2D eigenvalue weighted by molar-refractivity contribution is 5.85. The molecule has 188 valence electrons. The summed E-state index contributed by atoms with van der Waals surface area (Å²) in [4.78, 5) is 11.9. The number of benzene rings is 1. The number of nitrogens with one attached hydrogen (secondary N) is 2. The predicted molar refractivity (Wildman–Crippen MR) is 131 cm³/mol. The third kappa shape index (κ3) is 9.41. The molecule has 0 bridgehead atoms. The molecule has 3 rings (SSSR count). The fourth-order valence-electron chi connectivity index (χ4n) is 3.84. The maximum Gasteiger partial charge on any atom is 0.217 e. The van der Waals surface area contributed by atoms with Gasteiger partial charge < -0.3 is 30.0 Å². The number of ether oxygens (including phenoxy) is 3. The summed E-state index contributed by atoms with van der Waals surface area (Å²) in [6.07, 6.45) is 1.80. The number of carbonyl (C=O) groups is 1. The zero-order valence-corrected chi connectivity index (χ0v) is 21.3. The van der Waals surface area contributed by atoms with E-state index < -0.39 is 12.1 Å². The highest BCUT2D eigenvalue weighted by atomic mass is 35.5. The maximum absolute atomic E-state index is 11.9. The number of amides is 1. The molecule has 1 aliphatic heterocycles. The number of aliphatic hydroxyl groups is 1. The second-order valence-electron chi connectivity index (χ2n) is 10.5. The first kappa shape index (κ1) is 27.9. The van der Waals surface area contributed by atoms with Crippen molar-refractivity contribution in [3.63, 3.8) is 0 Å². The minimum Gasteiger partial charge on any atom is -0.493 e. The van der Waals surface area contributed by atoms with Crippen LogP contribution in [-0.2, 0) is 20.7 Å². The van der Waals surface area contributed by atoms with Gasteiger partial charge in [-0.15, -0.1) is 12.4 Å². The lowest BCUT2D eigenvalue weighted by molar-refractivity contribution is -0.201. The van der Waals surface area contributed by atoms with Crippen LogP contribution in [-0.4, -0.2) is 61.4 Å². The lowest BCUT2D eigenvalue weighted by Crippen LogP contribution is -2.62. The van der Waals surface area contributed by atoms with Crippen LogP contribution < -0.4 is 15.4 Å². The number of hydrogen-bond acceptors (Lipinski definition) is 6. The van der Waals surface area contributed by atoms with Crippen LogP contribution in [0.1, 0.15) is 53.0 Å². The number of halogens is 1. The number of carbonyl (C=O) groups excluding carboxylic acids is 1. The fourth-order valence-corrected chi connectivity index (χ4v) is 3.84. The summed E-state index contributed by atoms with van der Waals surface area (Å²) in [7, 11) is 0. The van der Waals surface area contributed by atoms with E-state index in [1.165, 1.54) is 19.8 Å². The molecule has 7 nitrogen and oxygen atoms in total. The Morgan fingerprint density at radius 1 is 1.33 bits per heavy atom. The van der Waals surface area contributed by atoms with Crippen LogP contribution in [0.4, 0.5) is 0 Å². The smallest absolute Gasteiger partial charge is 0.217 e. The van der Waals surface area contributed by atoms with E-state index in [-0.39, 0.29) is 42.1 Å². The summed E-state index contributed by atoms with van der Waals surface area (Å²) in [5.74, 6) is 1.34. The van der Waals surface area contributed by atoms with Crippen LogP contribution in [0.15, 0.2) is 24.3 Å². The molecule has 0 aromatic heterocycles. The normalized spacial score (nSPS) is 25.0. The van der Waals surface area contributed by atoms with E-state index in [9.17, 15) is 9.90 Å². The summed E-state index contributed by atoms with van der Waals surface area (Å²) in [6.45, 7) is 11.4. The van der Waals surface area contributed by atoms with Crippen molar-refractivity contribution in [2.24, 2.45) is 11.3 Å². The van der Waals surface area contributed by atoms with E-state index in [1.807, 2.05) is 31.2 Å². The molecule has 1 amide bonds. The van der Waals surface area contributed by atoms with Crippen molar-refractivity contribution in [1.29, 1.82) is 0 Å². The molecule has 0 radical (unpaired) electrons. The van der Waals surface area contributed by atoms with Crippen molar-refractivity contribution in [2.45, 2.75) is 84.4 Å². The number of hydrogen-bond donors (Lipinski definition) is 3. The van der Waals surface area contributed by atoms with Gasteiger partial charge in [0.2, 0.25) is 5.91 Å². The fraction of sp³-hybridized carbons (Fsp3) is 0.720. The van der Waals surface area contributed by atoms with Crippen molar-refractivity contribution >= 4 is 18.3 Å². The molecule has 1 saturated carbocycles. The minimum absolute atomic E-state index is 0. The first-order valence-corrected chi connectivity index (χ1v) is 11.8. The Labute approximate surface area is 204 Å². The second kappa shape index (κ2) is 12.4. The standard InChI is InChI=1S/C25H40N2O5.ClH/c1-16-24(32-15-25(3,4)5)31-14-22(26-16)23(29)21(27-17(2)28)12-19-7-6-8-20(11-19)30-13-18-9-10-18;/h6-8,11,16,18,21-24,26,29H,9-10,12-15H2,1-5H3,(H,27,28);1H/t16-,21-,22+,23-,24-;/m0./s1. The molecule has 2 aliphatic rings. The summed E-state index contributed by atoms with van der Waals surface area (Å²) in [6, 6.07) is 7.05. The largest absolute Gasteiger partial charge is 0.493 e. The van der Waals surface area contributed by atoms with Gasteiger partial charge in [0, 0.05) is 6.92 Å². The molecule has 0 spiro atoms. The molecule has 3 N–H and O–H groups in total. The Bertz CT molecular complexity index is 753. The van der Waals surface area contributed by atoms with E-state index in [2.05, 4.69) is 31.4 Å². The molecule has 1 aliphatic carbocycles. The van der Waals surface area contributed by atoms with Crippen LogP contribution in [0.2, 0.25) is 0 Å². The van der Waals surface area contributed by atoms with E-state index >= 15 is 0 Å². The lowest BCUT2D eigenvalue weighted by Gasteiger charge is -2.40. The number of rotatable bonds is 10. The Hall–Kier alpha value is -1.38. The average Bonchev–Trinajstić information content (AvgIpc) is 3.54. The van der Waals surface area contributed by atoms with Gasteiger partial charge in [0.15, 0.2) is 6.29 Å². The molecular weight excluding hydrogens is 444 g/mol. The molecule has 1 saturated heterocycles. The Balaban J connectivity index is 0.00000385. The SMILES string of the molecule is CC(=O)N[C@@H](Cc1cccc(OCC2CC2)c1)[C@H](O)[C@H]1CO[C@@H](OCC(C)(C)C)[C@H](C)N1.Cl. The quantitative estimate of drug-likeness (QED) is 0.473. The zero-order valence-electron chi connectivity index (χ0n) is 20.5. The van der Waals surface area contributed by atoms with Gasteiger partial charge in [0.1, 0.15) is 5.75 Å². The van der Waals surface area contributed by atoms with E-state index in [4.69, 9.17) is 14.2 Å². The molecule has 8 heteroatoms. The Kier molecular flexibility index (Phi) is 10.4. The van der Waals surface area contributed by atoms with E-state index in [0.717, 1.165) is 17.9 Å². The van der Waals surface area contributed by atoms with Gasteiger partial charge >= 0.3 is 0 Å². The topological polar surface area (TPSA) is 89.1 Å². The third-order valence-corrected chi connectivity index (χ3v) is 5.76. The lowest BCUT2D eigenvalue weighted by atomic mass is 9.95. The molecule has 1 heterocycles. The minimum atomic E-state index is -0.819. The molecule has 33 heavy (non-hydrogen) atoms. The van der Waals surface area contributed by atoms with Crippen LogP contribution in [0.25, 0.3) is 0 Å². The van der Waals surface area contributed by atoms with Gasteiger partial charge in [-0.25, -0.2) is 0 Å². The highest BCUT2D eigenvalue weighted by Gasteiger charge is 2.36. The molecule has 5 atom stereocenters. The van der Waals surface area contributed by atoms with Gasteiger partial charge in [0.05, 0.1) is 44.1 Å². The second-order valence-corrected chi connectivity index (χ2v) is 10.5. The van der Waals surface area contributed by atoms with Crippen molar-refractivity contribution in [2.75, 3.05) is 19.8 Å². The maximum atomic E-state index is 11.9. The van der Waals surface area contributed by atoms with Crippen molar-refractivity contribution in [3.8, 4) is 5.75 Å². The molecule has 1 aromatic carbocycles. The Morgan fingerprint density at radius 2 is 2.06 bits per heavy atom. The van der Waals surface area contributed by atoms with Crippen LogP contribution >= 0.6 is 12.4 Å². The average molecular weight is 485 g/mol. The zero-order chi connectivity index (χ0) is 23.3. The highest BCUT2D eigenvalue weighted by Crippen LogP contribution is 2.30. The summed E-state index contributed by atoms with van der Waals surface area (Å²) < 4.78 is 17.7. The van der Waals surface area contributed by atoms with Gasteiger partial charge in [-0.2, -0.15) is 0 Å². The van der Waals surface area contributed by atoms with Gasteiger partial charge in [-0.3, -0.25) is 4.79 Å². The van der Waals surface area contributed by atoms with Crippen LogP contribution in [0.5, 0.6) is 5.75 Å². The van der Waals surface area contributed by atoms with Crippen molar-refractivity contribution in [1.82, 2.24) is 10.6 Å². The van der Waals surface area contributed by atoms with Crippen molar-refractivity contribution < 1.29 is 24.1 Å². The Morgan fingerprint density at radius 3 is 2.67 bits per heavy atom. The molecular formula is C25H41ClN2O5. The summed E-state index contributed by atoms with van der Waals surface area (Å²) in [5.41, 5.74) is 1.06. The summed E-state index contributed by atoms with van der Waals surface area (Å²) in [5, 5.41) is 17.5.